The lowest BCUT2D eigenvalue weighted by Gasteiger charge is -2.07. The van der Waals surface area contributed by atoms with Crippen molar-refractivity contribution >= 4 is 56.4 Å². The lowest BCUT2D eigenvalue weighted by Crippen LogP contribution is -2.36. The van der Waals surface area contributed by atoms with E-state index >= 15 is 0 Å². The first-order chi connectivity index (χ1) is 16.1. The van der Waals surface area contributed by atoms with E-state index in [-0.39, 0.29) is 11.8 Å². The minimum Gasteiger partial charge on any atom is -0.306 e. The van der Waals surface area contributed by atoms with E-state index in [0.29, 0.717) is 50.0 Å². The number of benzene rings is 2. The van der Waals surface area contributed by atoms with Crippen LogP contribution >= 0.6 is 22.7 Å². The van der Waals surface area contributed by atoms with Crippen LogP contribution in [-0.4, -0.2) is 38.5 Å². The van der Waals surface area contributed by atoms with Crippen LogP contribution in [0.3, 0.4) is 0 Å². The van der Waals surface area contributed by atoms with Gasteiger partial charge in [0.2, 0.25) is 10.3 Å². The molecule has 9 nitrogen and oxygen atoms in total. The molecule has 0 saturated heterocycles. The second kappa shape index (κ2) is 7.52. The Morgan fingerprint density at radius 3 is 2.06 bits per heavy atom. The third-order valence-electron chi connectivity index (χ3n) is 5.16. The van der Waals surface area contributed by atoms with Crippen LogP contribution in [0, 0.1) is 0 Å². The van der Waals surface area contributed by atoms with Gasteiger partial charge in [0.05, 0.1) is 11.1 Å². The number of nitrogens with two attached hydrogens (primary N) is 1. The molecular weight excluding hydrogens is 458 g/mol. The number of thiazole rings is 2. The van der Waals surface area contributed by atoms with Crippen LogP contribution in [0.15, 0.2) is 69.3 Å². The first-order valence-electron chi connectivity index (χ1n) is 9.76. The highest BCUT2D eigenvalue weighted by atomic mass is 32.1. The van der Waals surface area contributed by atoms with Gasteiger partial charge in [0.25, 0.3) is 11.8 Å². The summed E-state index contributed by atoms with van der Waals surface area (Å²) in [7, 11) is 0. The van der Waals surface area contributed by atoms with Gasteiger partial charge in [-0.25, -0.2) is 25.8 Å². The van der Waals surface area contributed by atoms with Crippen molar-refractivity contribution in [2.24, 2.45) is 15.8 Å². The van der Waals surface area contributed by atoms with Gasteiger partial charge in [-0.05, 0) is 12.1 Å². The molecule has 0 fully saturated rings. The Balaban J connectivity index is 1.29. The molecule has 0 saturated carbocycles. The van der Waals surface area contributed by atoms with Crippen molar-refractivity contribution in [3.8, 4) is 11.4 Å². The fourth-order valence-corrected chi connectivity index (χ4v) is 4.97. The third kappa shape index (κ3) is 3.26. The maximum atomic E-state index is 12.3. The van der Waals surface area contributed by atoms with E-state index in [2.05, 4.69) is 25.3 Å². The lowest BCUT2D eigenvalue weighted by molar-refractivity contribution is 0.0859. The topological polar surface area (TPSA) is 126 Å². The maximum Gasteiger partial charge on any atom is 0.274 e. The zero-order valence-corrected chi connectivity index (χ0v) is 18.4. The van der Waals surface area contributed by atoms with Gasteiger partial charge in [0, 0.05) is 21.9 Å². The Labute approximate surface area is 195 Å². The van der Waals surface area contributed by atoms with Crippen molar-refractivity contribution in [1.82, 2.24) is 20.3 Å². The average Bonchev–Trinajstić information content (AvgIpc) is 3.60. The molecule has 0 bridgehead atoms. The molecule has 4 aromatic rings. The number of fused-ring (bicyclic) bond motifs is 2. The number of amidine groups is 2. The molecular formula is C22H13N7O2S2. The smallest absolute Gasteiger partial charge is 0.274 e. The fraction of sp³-hybridized carbons (Fsp3) is 0. The molecule has 0 unspecified atom stereocenters. The van der Waals surface area contributed by atoms with E-state index in [1.165, 1.54) is 22.7 Å². The summed E-state index contributed by atoms with van der Waals surface area (Å²) < 4.78 is 0. The number of hydrogen-bond acceptors (Lipinski definition) is 9. The summed E-state index contributed by atoms with van der Waals surface area (Å²) in [6, 6.07) is 14.4. The molecule has 2 aromatic heterocycles. The van der Waals surface area contributed by atoms with Crippen LogP contribution in [0.25, 0.3) is 11.4 Å². The van der Waals surface area contributed by atoms with Crippen molar-refractivity contribution in [3.63, 3.8) is 0 Å². The highest BCUT2D eigenvalue weighted by Crippen LogP contribution is 2.32. The van der Waals surface area contributed by atoms with Crippen LogP contribution in [0.4, 0.5) is 10.3 Å². The first-order valence-corrected chi connectivity index (χ1v) is 11.5. The normalized spacial score (nSPS) is 17.1. The van der Waals surface area contributed by atoms with Crippen molar-refractivity contribution in [1.29, 1.82) is 0 Å². The Morgan fingerprint density at radius 1 is 0.788 bits per heavy atom. The van der Waals surface area contributed by atoms with Gasteiger partial charge >= 0.3 is 0 Å². The van der Waals surface area contributed by atoms with Gasteiger partial charge in [-0.2, -0.15) is 4.99 Å². The summed E-state index contributed by atoms with van der Waals surface area (Å²) in [5, 5.41) is 8.46. The van der Waals surface area contributed by atoms with Gasteiger partial charge in [-0.1, -0.05) is 36.4 Å². The Kier molecular flexibility index (Phi) is 4.47. The van der Waals surface area contributed by atoms with E-state index in [4.69, 9.17) is 5.84 Å². The van der Waals surface area contributed by atoms with Crippen LogP contribution in [0.1, 0.15) is 31.8 Å². The molecule has 0 spiro atoms. The highest BCUT2D eigenvalue weighted by molar-refractivity contribution is 7.14. The Hall–Kier alpha value is -4.06. The summed E-state index contributed by atoms with van der Waals surface area (Å²) >= 11 is 2.67. The van der Waals surface area contributed by atoms with E-state index < -0.39 is 0 Å². The number of carbonyl (C=O) groups is 2. The number of nitrogens with one attached hydrogen (secondary N) is 1. The van der Waals surface area contributed by atoms with Crippen LogP contribution in [0.2, 0.25) is 0 Å². The number of nitrogens with zero attached hydrogens (tertiary/aromatic N) is 5. The van der Waals surface area contributed by atoms with Gasteiger partial charge in [0.1, 0.15) is 17.2 Å². The number of amides is 2. The van der Waals surface area contributed by atoms with Crippen LogP contribution < -0.4 is 11.2 Å². The van der Waals surface area contributed by atoms with E-state index in [9.17, 15) is 9.59 Å². The minimum absolute atomic E-state index is 0.176. The largest absolute Gasteiger partial charge is 0.306 e. The van der Waals surface area contributed by atoms with Gasteiger partial charge in [0.15, 0.2) is 5.84 Å². The number of carbonyl (C=O) groups excluding carboxylic acids is 2. The summed E-state index contributed by atoms with van der Waals surface area (Å²) in [6.07, 6.45) is 0. The molecule has 2 aliphatic heterocycles. The molecule has 33 heavy (non-hydrogen) atoms. The average molecular weight is 472 g/mol. The van der Waals surface area contributed by atoms with Crippen molar-refractivity contribution < 1.29 is 9.59 Å². The zero-order valence-electron chi connectivity index (χ0n) is 16.7. The third-order valence-corrected chi connectivity index (χ3v) is 6.63. The summed E-state index contributed by atoms with van der Waals surface area (Å²) in [6.45, 7) is 0. The maximum absolute atomic E-state index is 12.3. The zero-order chi connectivity index (χ0) is 22.5. The molecule has 160 valence electrons. The number of aliphatic imine (C=N–C) groups is 2. The van der Waals surface area contributed by atoms with Crippen LogP contribution in [0.5, 0.6) is 0 Å². The van der Waals surface area contributed by atoms with Crippen LogP contribution in [-0.2, 0) is 0 Å². The molecule has 2 amide bonds. The van der Waals surface area contributed by atoms with Gasteiger partial charge < -0.3 is 5.32 Å². The first kappa shape index (κ1) is 19.6. The molecule has 0 atom stereocenters. The van der Waals surface area contributed by atoms with Crippen molar-refractivity contribution in [2.75, 3.05) is 0 Å². The number of hydrazine groups is 1. The predicted octanol–water partition coefficient (Wildman–Crippen LogP) is 3.50. The van der Waals surface area contributed by atoms with Gasteiger partial charge in [-0.15, -0.1) is 22.7 Å². The predicted molar refractivity (Wildman–Crippen MR) is 126 cm³/mol. The molecule has 3 N–H and O–H groups in total. The molecule has 11 heteroatoms. The number of aromatic nitrogens is 2. The number of hydrogen-bond donors (Lipinski definition) is 2. The fourth-order valence-electron chi connectivity index (χ4n) is 3.61. The summed E-state index contributed by atoms with van der Waals surface area (Å²) in [5.41, 5.74) is 3.82. The Bertz CT molecular complexity index is 1520. The minimum atomic E-state index is -0.301. The highest BCUT2D eigenvalue weighted by Gasteiger charge is 2.31. The summed E-state index contributed by atoms with van der Waals surface area (Å²) in [4.78, 5) is 42.5. The van der Waals surface area contributed by atoms with E-state index in [1.807, 2.05) is 35.0 Å². The quantitative estimate of drug-likeness (QED) is 0.349. The van der Waals surface area contributed by atoms with E-state index in [1.54, 1.807) is 24.3 Å². The van der Waals surface area contributed by atoms with E-state index in [0.717, 1.165) is 10.6 Å². The standard InChI is InChI=1S/C22H13N7O2S2/c23-29-18(12-6-2-4-8-14(12)20(29)31)28-22-25-16(10-33-22)15-9-32-21(24-15)27-17-11-5-1-3-7-13(11)19(30)26-17/h1-10H,23H2,(H,24,26,27,30)/b28-18-. The Morgan fingerprint density at radius 2 is 1.36 bits per heavy atom. The SMILES string of the molecule is NN1C(=O)c2ccccc2/C1=N/c1nc(-c2csc(/N=C3\NC(=O)c4ccccc43)n2)cs1. The monoisotopic (exact) mass is 471 g/mol. The number of rotatable bonds is 3. The molecule has 6 rings (SSSR count). The second-order valence-electron chi connectivity index (χ2n) is 7.15. The molecule has 2 aromatic carbocycles. The molecule has 4 heterocycles. The lowest BCUT2D eigenvalue weighted by atomic mass is 10.1. The van der Waals surface area contributed by atoms with Crippen molar-refractivity contribution in [2.45, 2.75) is 0 Å². The summed E-state index contributed by atoms with van der Waals surface area (Å²) in [5.74, 6) is 6.30. The van der Waals surface area contributed by atoms with Gasteiger partial charge in [-0.3, -0.25) is 9.59 Å². The molecule has 2 aliphatic rings. The molecule has 0 radical (unpaired) electrons. The molecule has 0 aliphatic carbocycles. The van der Waals surface area contributed by atoms with Crippen molar-refractivity contribution in [3.05, 3.63) is 81.5 Å². The second-order valence-corrected chi connectivity index (χ2v) is 8.82.